The Hall–Kier alpha value is -3.02. The number of nitrogens with one attached hydrogen (secondary N) is 1. The Bertz CT molecular complexity index is 769. The van der Waals surface area contributed by atoms with E-state index < -0.39 is 0 Å². The molecule has 1 aromatic heterocycles. The first-order chi connectivity index (χ1) is 11.3. The first-order valence-corrected chi connectivity index (χ1v) is 7.13. The van der Waals surface area contributed by atoms with Gasteiger partial charge in [0.25, 0.3) is 0 Å². The SMILES string of the molecule is COc1ccc(-c2noc(NCc3cccc(OC)c3)n2)cc1. The number of hydrogen-bond donors (Lipinski definition) is 1. The number of methoxy groups -OCH3 is 2. The van der Waals surface area contributed by atoms with Crippen molar-refractivity contribution in [3.8, 4) is 22.9 Å². The van der Waals surface area contributed by atoms with Gasteiger partial charge in [-0.05, 0) is 42.0 Å². The average Bonchev–Trinajstić information content (AvgIpc) is 3.09. The third-order valence-corrected chi connectivity index (χ3v) is 3.35. The van der Waals surface area contributed by atoms with Gasteiger partial charge in [0, 0.05) is 12.1 Å². The number of rotatable bonds is 6. The Labute approximate surface area is 134 Å². The Morgan fingerprint density at radius 1 is 1.00 bits per heavy atom. The Morgan fingerprint density at radius 2 is 1.78 bits per heavy atom. The lowest BCUT2D eigenvalue weighted by atomic mass is 10.2. The molecule has 0 atom stereocenters. The van der Waals surface area contributed by atoms with E-state index >= 15 is 0 Å². The van der Waals surface area contributed by atoms with E-state index in [0.717, 1.165) is 22.6 Å². The maximum Gasteiger partial charge on any atom is 0.322 e. The number of aromatic nitrogens is 2. The molecule has 0 unspecified atom stereocenters. The summed E-state index contributed by atoms with van der Waals surface area (Å²) in [4.78, 5) is 4.33. The maximum atomic E-state index is 5.22. The van der Waals surface area contributed by atoms with E-state index in [1.54, 1.807) is 14.2 Å². The highest BCUT2D eigenvalue weighted by molar-refractivity contribution is 5.56. The quantitative estimate of drug-likeness (QED) is 0.752. The van der Waals surface area contributed by atoms with Crippen molar-refractivity contribution < 1.29 is 14.0 Å². The number of anilines is 1. The lowest BCUT2D eigenvalue weighted by Crippen LogP contribution is -1.99. The zero-order valence-corrected chi connectivity index (χ0v) is 12.9. The monoisotopic (exact) mass is 311 g/mol. The Kier molecular flexibility index (Phi) is 4.42. The topological polar surface area (TPSA) is 69.4 Å². The molecule has 0 saturated heterocycles. The Balaban J connectivity index is 1.66. The molecule has 1 N–H and O–H groups in total. The molecule has 1 heterocycles. The van der Waals surface area contributed by atoms with Crippen LogP contribution >= 0.6 is 0 Å². The number of benzene rings is 2. The van der Waals surface area contributed by atoms with Crippen molar-refractivity contribution in [1.82, 2.24) is 10.1 Å². The maximum absolute atomic E-state index is 5.22. The normalized spacial score (nSPS) is 10.3. The van der Waals surface area contributed by atoms with Crippen LogP contribution in [0.5, 0.6) is 11.5 Å². The fraction of sp³-hybridized carbons (Fsp3) is 0.176. The van der Waals surface area contributed by atoms with Crippen molar-refractivity contribution in [1.29, 1.82) is 0 Å². The van der Waals surface area contributed by atoms with Crippen LogP contribution in [-0.4, -0.2) is 24.4 Å². The summed E-state index contributed by atoms with van der Waals surface area (Å²) in [5.41, 5.74) is 1.93. The van der Waals surface area contributed by atoms with Gasteiger partial charge in [-0.15, -0.1) is 0 Å². The third-order valence-electron chi connectivity index (χ3n) is 3.35. The molecular formula is C17H17N3O3. The third kappa shape index (κ3) is 3.60. The van der Waals surface area contributed by atoms with Gasteiger partial charge >= 0.3 is 6.01 Å². The van der Waals surface area contributed by atoms with E-state index in [1.807, 2.05) is 48.5 Å². The van der Waals surface area contributed by atoms with Gasteiger partial charge in [-0.25, -0.2) is 0 Å². The second kappa shape index (κ2) is 6.83. The molecule has 0 bridgehead atoms. The predicted octanol–water partition coefficient (Wildman–Crippen LogP) is 3.37. The lowest BCUT2D eigenvalue weighted by molar-refractivity contribution is 0.414. The number of hydrogen-bond acceptors (Lipinski definition) is 6. The van der Waals surface area contributed by atoms with E-state index in [2.05, 4.69) is 15.5 Å². The first-order valence-electron chi connectivity index (χ1n) is 7.13. The summed E-state index contributed by atoms with van der Waals surface area (Å²) in [7, 11) is 3.27. The molecule has 0 aliphatic carbocycles. The van der Waals surface area contributed by atoms with Gasteiger partial charge in [0.1, 0.15) is 11.5 Å². The van der Waals surface area contributed by atoms with Crippen molar-refractivity contribution in [2.24, 2.45) is 0 Å². The molecule has 6 heteroatoms. The molecule has 0 spiro atoms. The summed E-state index contributed by atoms with van der Waals surface area (Å²) in [6.45, 7) is 0.571. The van der Waals surface area contributed by atoms with Crippen molar-refractivity contribution in [3.05, 3.63) is 54.1 Å². The molecule has 3 aromatic rings. The van der Waals surface area contributed by atoms with Gasteiger partial charge < -0.3 is 19.3 Å². The molecule has 23 heavy (non-hydrogen) atoms. The van der Waals surface area contributed by atoms with Gasteiger partial charge in [0.2, 0.25) is 5.82 Å². The minimum Gasteiger partial charge on any atom is -0.497 e. The smallest absolute Gasteiger partial charge is 0.322 e. The fourth-order valence-electron chi connectivity index (χ4n) is 2.11. The van der Waals surface area contributed by atoms with E-state index in [0.29, 0.717) is 18.4 Å². The fourth-order valence-corrected chi connectivity index (χ4v) is 2.11. The van der Waals surface area contributed by atoms with E-state index in [1.165, 1.54) is 0 Å². The summed E-state index contributed by atoms with van der Waals surface area (Å²) >= 11 is 0. The van der Waals surface area contributed by atoms with Crippen LogP contribution in [-0.2, 0) is 6.54 Å². The molecule has 0 aliphatic heterocycles. The van der Waals surface area contributed by atoms with Crippen LogP contribution in [0, 0.1) is 0 Å². The van der Waals surface area contributed by atoms with Gasteiger partial charge in [-0.2, -0.15) is 4.98 Å². The number of ether oxygens (including phenoxy) is 2. The molecule has 118 valence electrons. The molecule has 3 rings (SSSR count). The zero-order valence-electron chi connectivity index (χ0n) is 12.9. The standard InChI is InChI=1S/C17H17N3O3/c1-21-14-8-6-13(7-9-14)16-19-17(23-20-16)18-11-12-4-3-5-15(10-12)22-2/h3-10H,11H2,1-2H3,(H,18,19,20). The molecule has 6 nitrogen and oxygen atoms in total. The van der Waals surface area contributed by atoms with Crippen LogP contribution in [0.3, 0.4) is 0 Å². The molecule has 0 radical (unpaired) electrons. The van der Waals surface area contributed by atoms with Gasteiger partial charge in [0.15, 0.2) is 0 Å². The Morgan fingerprint density at radius 3 is 2.52 bits per heavy atom. The minimum absolute atomic E-state index is 0.374. The summed E-state index contributed by atoms with van der Waals surface area (Å²) in [6, 6.07) is 15.6. The van der Waals surface area contributed by atoms with Crippen LogP contribution in [0.2, 0.25) is 0 Å². The zero-order chi connectivity index (χ0) is 16.1. The molecule has 0 saturated carbocycles. The summed E-state index contributed by atoms with van der Waals surface area (Å²) in [5, 5.41) is 7.08. The van der Waals surface area contributed by atoms with Crippen molar-refractivity contribution in [2.45, 2.75) is 6.54 Å². The van der Waals surface area contributed by atoms with Crippen LogP contribution in [0.25, 0.3) is 11.4 Å². The predicted molar refractivity (Wildman–Crippen MR) is 86.6 cm³/mol. The number of nitrogens with zero attached hydrogens (tertiary/aromatic N) is 2. The largest absolute Gasteiger partial charge is 0.497 e. The second-order valence-electron chi connectivity index (χ2n) is 4.86. The van der Waals surface area contributed by atoms with Crippen LogP contribution in [0.15, 0.2) is 53.1 Å². The van der Waals surface area contributed by atoms with E-state index in [4.69, 9.17) is 14.0 Å². The summed E-state index contributed by atoms with van der Waals surface area (Å²) in [5.74, 6) is 2.13. The van der Waals surface area contributed by atoms with Crippen LogP contribution in [0.1, 0.15) is 5.56 Å². The van der Waals surface area contributed by atoms with E-state index in [-0.39, 0.29) is 0 Å². The van der Waals surface area contributed by atoms with Crippen molar-refractivity contribution in [2.75, 3.05) is 19.5 Å². The van der Waals surface area contributed by atoms with Crippen LogP contribution in [0.4, 0.5) is 6.01 Å². The molecule has 0 fully saturated rings. The summed E-state index contributed by atoms with van der Waals surface area (Å²) < 4.78 is 15.5. The van der Waals surface area contributed by atoms with Gasteiger partial charge in [-0.1, -0.05) is 17.3 Å². The highest BCUT2D eigenvalue weighted by atomic mass is 16.5. The van der Waals surface area contributed by atoms with E-state index in [9.17, 15) is 0 Å². The van der Waals surface area contributed by atoms with Gasteiger partial charge in [-0.3, -0.25) is 0 Å². The highest BCUT2D eigenvalue weighted by Gasteiger charge is 2.08. The molecule has 0 aliphatic rings. The summed E-state index contributed by atoms with van der Waals surface area (Å²) in [6.07, 6.45) is 0. The molecule has 2 aromatic carbocycles. The second-order valence-corrected chi connectivity index (χ2v) is 4.86. The minimum atomic E-state index is 0.374. The van der Waals surface area contributed by atoms with Crippen LogP contribution < -0.4 is 14.8 Å². The van der Waals surface area contributed by atoms with Crippen molar-refractivity contribution >= 4 is 6.01 Å². The highest BCUT2D eigenvalue weighted by Crippen LogP contribution is 2.21. The lowest BCUT2D eigenvalue weighted by Gasteiger charge is -2.04. The molecule has 0 amide bonds. The first kappa shape index (κ1) is 14.9. The van der Waals surface area contributed by atoms with Gasteiger partial charge in [0.05, 0.1) is 14.2 Å². The molecular weight excluding hydrogens is 294 g/mol. The van der Waals surface area contributed by atoms with Crippen molar-refractivity contribution in [3.63, 3.8) is 0 Å². The average molecular weight is 311 g/mol.